The van der Waals surface area contributed by atoms with Gasteiger partial charge in [0.1, 0.15) is 11.5 Å². The SMILES string of the molecule is CNc1nc(Oc2ccc(OC)cc2)n(Cc2ccc(Cl)cc2)c1C(=O)NCCCO. The van der Waals surface area contributed by atoms with Gasteiger partial charge in [-0.2, -0.15) is 4.98 Å². The highest BCUT2D eigenvalue weighted by atomic mass is 35.5. The Bertz CT molecular complexity index is 1000. The van der Waals surface area contributed by atoms with Gasteiger partial charge >= 0.3 is 6.01 Å². The molecule has 1 amide bonds. The fourth-order valence-corrected chi connectivity index (χ4v) is 3.07. The predicted octanol–water partition coefficient (Wildman–Crippen LogP) is 3.54. The number of ether oxygens (including phenoxy) is 2. The Hall–Kier alpha value is -3.23. The molecule has 3 N–H and O–H groups in total. The molecule has 0 unspecified atom stereocenters. The minimum absolute atomic E-state index is 0.00493. The number of hydrogen-bond acceptors (Lipinski definition) is 6. The number of carbonyl (C=O) groups is 1. The van der Waals surface area contributed by atoms with Gasteiger partial charge in [-0.1, -0.05) is 23.7 Å². The molecular formula is C22H25ClN4O4. The summed E-state index contributed by atoms with van der Waals surface area (Å²) in [4.78, 5) is 17.4. The number of benzene rings is 2. The third-order valence-corrected chi connectivity index (χ3v) is 4.78. The maximum absolute atomic E-state index is 12.9. The van der Waals surface area contributed by atoms with Crippen molar-refractivity contribution in [3.63, 3.8) is 0 Å². The number of methoxy groups -OCH3 is 1. The highest BCUT2D eigenvalue weighted by Gasteiger charge is 2.24. The number of aromatic nitrogens is 2. The van der Waals surface area contributed by atoms with Crippen LogP contribution < -0.4 is 20.1 Å². The Labute approximate surface area is 185 Å². The highest BCUT2D eigenvalue weighted by molar-refractivity contribution is 6.30. The molecule has 1 heterocycles. The van der Waals surface area contributed by atoms with Gasteiger partial charge in [0, 0.05) is 25.2 Å². The van der Waals surface area contributed by atoms with Crippen LogP contribution in [0.25, 0.3) is 0 Å². The summed E-state index contributed by atoms with van der Waals surface area (Å²) in [5, 5.41) is 15.4. The van der Waals surface area contributed by atoms with E-state index in [-0.39, 0.29) is 18.5 Å². The fourth-order valence-electron chi connectivity index (χ4n) is 2.95. The smallest absolute Gasteiger partial charge is 0.304 e. The summed E-state index contributed by atoms with van der Waals surface area (Å²) in [7, 11) is 3.28. The summed E-state index contributed by atoms with van der Waals surface area (Å²) >= 11 is 6.01. The predicted molar refractivity (Wildman–Crippen MR) is 119 cm³/mol. The summed E-state index contributed by atoms with van der Waals surface area (Å²) in [6.07, 6.45) is 0.459. The first-order valence-corrected chi connectivity index (χ1v) is 10.2. The van der Waals surface area contributed by atoms with Gasteiger partial charge in [0.2, 0.25) is 0 Å². The largest absolute Gasteiger partial charge is 0.497 e. The van der Waals surface area contributed by atoms with E-state index in [2.05, 4.69) is 15.6 Å². The minimum Gasteiger partial charge on any atom is -0.497 e. The Morgan fingerprint density at radius 1 is 1.13 bits per heavy atom. The molecule has 31 heavy (non-hydrogen) atoms. The normalized spacial score (nSPS) is 10.6. The summed E-state index contributed by atoms with van der Waals surface area (Å²) in [6, 6.07) is 14.7. The van der Waals surface area contributed by atoms with E-state index < -0.39 is 0 Å². The summed E-state index contributed by atoms with van der Waals surface area (Å²) in [5.74, 6) is 1.33. The van der Waals surface area contributed by atoms with Crippen LogP contribution >= 0.6 is 11.6 Å². The van der Waals surface area contributed by atoms with E-state index in [1.165, 1.54) is 0 Å². The number of aliphatic hydroxyl groups is 1. The lowest BCUT2D eigenvalue weighted by atomic mass is 10.2. The lowest BCUT2D eigenvalue weighted by Crippen LogP contribution is -2.28. The van der Waals surface area contributed by atoms with Crippen LogP contribution in [-0.4, -0.2) is 47.9 Å². The maximum Gasteiger partial charge on any atom is 0.304 e. The molecule has 0 aliphatic rings. The maximum atomic E-state index is 12.9. The van der Waals surface area contributed by atoms with E-state index in [0.29, 0.717) is 47.5 Å². The molecule has 0 aliphatic carbocycles. The van der Waals surface area contributed by atoms with E-state index in [9.17, 15) is 4.79 Å². The minimum atomic E-state index is -0.316. The molecular weight excluding hydrogens is 420 g/mol. The van der Waals surface area contributed by atoms with E-state index in [0.717, 1.165) is 5.56 Å². The number of imidazole rings is 1. The Morgan fingerprint density at radius 2 is 1.81 bits per heavy atom. The van der Waals surface area contributed by atoms with E-state index in [1.807, 2.05) is 12.1 Å². The topological polar surface area (TPSA) is 97.6 Å². The van der Waals surface area contributed by atoms with E-state index >= 15 is 0 Å². The zero-order valence-electron chi connectivity index (χ0n) is 17.4. The summed E-state index contributed by atoms with van der Waals surface area (Å²) < 4.78 is 12.9. The zero-order chi connectivity index (χ0) is 22.2. The quantitative estimate of drug-likeness (QED) is 0.414. The van der Waals surface area contributed by atoms with Crippen LogP contribution in [-0.2, 0) is 6.54 Å². The number of nitrogens with one attached hydrogen (secondary N) is 2. The van der Waals surface area contributed by atoms with Crippen LogP contribution in [0.1, 0.15) is 22.5 Å². The second-order valence-electron chi connectivity index (χ2n) is 6.66. The molecule has 8 nitrogen and oxygen atoms in total. The van der Waals surface area contributed by atoms with Crippen molar-refractivity contribution < 1.29 is 19.4 Å². The molecule has 2 aromatic carbocycles. The average Bonchev–Trinajstić information content (AvgIpc) is 3.13. The molecule has 0 spiro atoms. The molecule has 9 heteroatoms. The van der Waals surface area contributed by atoms with Gasteiger partial charge in [-0.05, 0) is 48.4 Å². The molecule has 0 fully saturated rings. The molecule has 0 bridgehead atoms. The number of aliphatic hydroxyl groups excluding tert-OH is 1. The molecule has 0 saturated carbocycles. The number of nitrogens with zero attached hydrogens (tertiary/aromatic N) is 2. The van der Waals surface area contributed by atoms with Crippen LogP contribution in [0.15, 0.2) is 48.5 Å². The monoisotopic (exact) mass is 444 g/mol. The van der Waals surface area contributed by atoms with Crippen molar-refractivity contribution in [1.29, 1.82) is 0 Å². The van der Waals surface area contributed by atoms with E-state index in [1.54, 1.807) is 55.1 Å². The molecule has 0 aliphatic heterocycles. The molecule has 3 rings (SSSR count). The Kier molecular flexibility index (Phi) is 7.75. The third-order valence-electron chi connectivity index (χ3n) is 4.53. The van der Waals surface area contributed by atoms with Gasteiger partial charge in [0.15, 0.2) is 11.5 Å². The van der Waals surface area contributed by atoms with E-state index in [4.69, 9.17) is 26.2 Å². The summed E-state index contributed by atoms with van der Waals surface area (Å²) in [6.45, 7) is 0.689. The van der Waals surface area contributed by atoms with Crippen molar-refractivity contribution in [3.05, 3.63) is 64.8 Å². The highest BCUT2D eigenvalue weighted by Crippen LogP contribution is 2.29. The van der Waals surface area contributed by atoms with Crippen LogP contribution in [0, 0.1) is 0 Å². The van der Waals surface area contributed by atoms with Gasteiger partial charge in [-0.3, -0.25) is 9.36 Å². The molecule has 3 aromatic rings. The molecule has 1 aromatic heterocycles. The Balaban J connectivity index is 1.98. The fraction of sp³-hybridized carbons (Fsp3) is 0.273. The molecule has 0 radical (unpaired) electrons. The van der Waals surface area contributed by atoms with Crippen molar-refractivity contribution in [3.8, 4) is 17.5 Å². The van der Waals surface area contributed by atoms with Crippen molar-refractivity contribution in [2.45, 2.75) is 13.0 Å². The van der Waals surface area contributed by atoms with Crippen LogP contribution in [0.5, 0.6) is 17.5 Å². The zero-order valence-corrected chi connectivity index (χ0v) is 18.1. The molecule has 0 saturated heterocycles. The lowest BCUT2D eigenvalue weighted by molar-refractivity contribution is 0.0942. The van der Waals surface area contributed by atoms with Gasteiger partial charge in [0.25, 0.3) is 5.91 Å². The standard InChI is InChI=1S/C22H25ClN4O4/c1-24-20-19(21(29)25-12-3-13-28)27(14-15-4-6-16(23)7-5-15)22(26-20)31-18-10-8-17(30-2)9-11-18/h4-11,24,28H,3,12-14H2,1-2H3,(H,25,29). The van der Waals surface area contributed by atoms with Gasteiger partial charge < -0.3 is 25.2 Å². The number of hydrogen-bond donors (Lipinski definition) is 3. The second-order valence-corrected chi connectivity index (χ2v) is 7.10. The van der Waals surface area contributed by atoms with Gasteiger partial charge in [0.05, 0.1) is 13.7 Å². The van der Waals surface area contributed by atoms with Gasteiger partial charge in [-0.25, -0.2) is 0 Å². The number of anilines is 1. The third kappa shape index (κ3) is 5.68. The lowest BCUT2D eigenvalue weighted by Gasteiger charge is -2.13. The van der Waals surface area contributed by atoms with Crippen molar-refractivity contribution in [2.24, 2.45) is 0 Å². The first-order chi connectivity index (χ1) is 15.0. The second kappa shape index (κ2) is 10.7. The Morgan fingerprint density at radius 3 is 2.42 bits per heavy atom. The van der Waals surface area contributed by atoms with Crippen LogP contribution in [0.2, 0.25) is 5.02 Å². The first-order valence-electron chi connectivity index (χ1n) is 9.79. The van der Waals surface area contributed by atoms with Gasteiger partial charge in [-0.15, -0.1) is 0 Å². The average molecular weight is 445 g/mol. The van der Waals surface area contributed by atoms with Crippen LogP contribution in [0.4, 0.5) is 5.82 Å². The van der Waals surface area contributed by atoms with Crippen LogP contribution in [0.3, 0.4) is 0 Å². The van der Waals surface area contributed by atoms with Crippen molar-refractivity contribution in [2.75, 3.05) is 32.6 Å². The molecule has 164 valence electrons. The first kappa shape index (κ1) is 22.5. The van der Waals surface area contributed by atoms with Crippen molar-refractivity contribution in [1.82, 2.24) is 14.9 Å². The number of halogens is 1. The number of amides is 1. The number of carbonyl (C=O) groups excluding carboxylic acids is 1. The summed E-state index contributed by atoms with van der Waals surface area (Å²) in [5.41, 5.74) is 1.26. The van der Waals surface area contributed by atoms with Crippen molar-refractivity contribution >= 4 is 23.3 Å². The number of rotatable bonds is 10. The molecule has 0 atom stereocenters.